The lowest BCUT2D eigenvalue weighted by Crippen LogP contribution is -2.08. The number of hydrogen-bond donors (Lipinski definition) is 1. The highest BCUT2D eigenvalue weighted by atomic mass is 32.1. The predicted octanol–water partition coefficient (Wildman–Crippen LogP) is 3.08. The Hall–Kier alpha value is -2.21. The average Bonchev–Trinajstić information content (AvgIpc) is 2.85. The van der Waals surface area contributed by atoms with E-state index < -0.39 is 0 Å². The standard InChI is InChI=1S/C15H16N2O3S/c1-9-4-5-10(2)13(6-9)14(19)20-7-12-8-21-15(17-12)16-11(3)18/h4-6,8H,7H2,1-3H3,(H,16,17,18). The molecule has 0 bridgehead atoms. The molecule has 0 fully saturated rings. The van der Waals surface area contributed by atoms with E-state index in [0.717, 1.165) is 11.1 Å². The van der Waals surface area contributed by atoms with Crippen molar-refractivity contribution in [1.82, 2.24) is 4.98 Å². The van der Waals surface area contributed by atoms with Crippen LogP contribution in [0, 0.1) is 13.8 Å². The predicted molar refractivity (Wildman–Crippen MR) is 81.5 cm³/mol. The quantitative estimate of drug-likeness (QED) is 0.881. The van der Waals surface area contributed by atoms with Crippen LogP contribution in [0.1, 0.15) is 34.1 Å². The highest BCUT2D eigenvalue weighted by Crippen LogP contribution is 2.17. The topological polar surface area (TPSA) is 68.3 Å². The number of nitrogens with one attached hydrogen (secondary N) is 1. The number of amides is 1. The van der Waals surface area contributed by atoms with Crippen LogP contribution in [0.4, 0.5) is 5.13 Å². The highest BCUT2D eigenvalue weighted by molar-refractivity contribution is 7.13. The van der Waals surface area contributed by atoms with E-state index in [9.17, 15) is 9.59 Å². The first-order chi connectivity index (χ1) is 9.95. The SMILES string of the molecule is CC(=O)Nc1nc(COC(=O)c2cc(C)ccc2C)cs1. The lowest BCUT2D eigenvalue weighted by molar-refractivity contribution is -0.114. The maximum absolute atomic E-state index is 12.1. The van der Waals surface area contributed by atoms with Crippen LogP contribution in [0.2, 0.25) is 0 Å². The Balaban J connectivity index is 1.99. The minimum Gasteiger partial charge on any atom is -0.456 e. The number of rotatable bonds is 4. The van der Waals surface area contributed by atoms with Gasteiger partial charge < -0.3 is 10.1 Å². The number of carbonyl (C=O) groups excluding carboxylic acids is 2. The number of aryl methyl sites for hydroxylation is 2. The van der Waals surface area contributed by atoms with E-state index in [1.807, 2.05) is 26.0 Å². The largest absolute Gasteiger partial charge is 0.456 e. The van der Waals surface area contributed by atoms with Crippen LogP contribution in [-0.4, -0.2) is 16.9 Å². The first-order valence-corrected chi connectivity index (χ1v) is 7.30. The fraction of sp³-hybridized carbons (Fsp3) is 0.267. The van der Waals surface area contributed by atoms with E-state index in [4.69, 9.17) is 4.74 Å². The summed E-state index contributed by atoms with van der Waals surface area (Å²) in [7, 11) is 0. The van der Waals surface area contributed by atoms with Crippen molar-refractivity contribution in [3.63, 3.8) is 0 Å². The summed E-state index contributed by atoms with van der Waals surface area (Å²) < 4.78 is 5.26. The van der Waals surface area contributed by atoms with E-state index in [0.29, 0.717) is 16.4 Å². The minimum atomic E-state index is -0.370. The van der Waals surface area contributed by atoms with Gasteiger partial charge in [-0.25, -0.2) is 9.78 Å². The second-order valence-corrected chi connectivity index (χ2v) is 5.58. The molecule has 1 aromatic carbocycles. The van der Waals surface area contributed by atoms with E-state index in [-0.39, 0.29) is 18.5 Å². The molecule has 1 heterocycles. The molecular formula is C15H16N2O3S. The number of thiazole rings is 1. The van der Waals surface area contributed by atoms with E-state index in [2.05, 4.69) is 10.3 Å². The molecule has 6 heteroatoms. The Labute approximate surface area is 127 Å². The second-order valence-electron chi connectivity index (χ2n) is 4.72. The van der Waals surface area contributed by atoms with Gasteiger partial charge in [-0.2, -0.15) is 0 Å². The van der Waals surface area contributed by atoms with E-state index >= 15 is 0 Å². The molecule has 0 radical (unpaired) electrons. The van der Waals surface area contributed by atoms with Gasteiger partial charge in [0, 0.05) is 12.3 Å². The molecule has 0 aliphatic carbocycles. The van der Waals surface area contributed by atoms with Crippen molar-refractivity contribution >= 4 is 28.3 Å². The number of aromatic nitrogens is 1. The molecule has 0 atom stereocenters. The third-order valence-electron chi connectivity index (χ3n) is 2.80. The zero-order valence-corrected chi connectivity index (χ0v) is 12.9. The lowest BCUT2D eigenvalue weighted by Gasteiger charge is -2.06. The van der Waals surface area contributed by atoms with Gasteiger partial charge in [0.15, 0.2) is 5.13 Å². The number of nitrogens with zero attached hydrogens (tertiary/aromatic N) is 1. The van der Waals surface area contributed by atoms with Gasteiger partial charge in [0.25, 0.3) is 0 Å². The molecule has 0 aliphatic rings. The third-order valence-corrected chi connectivity index (χ3v) is 3.61. The average molecular weight is 304 g/mol. The summed E-state index contributed by atoms with van der Waals surface area (Å²) >= 11 is 1.30. The zero-order chi connectivity index (χ0) is 15.4. The Kier molecular flexibility index (Phi) is 4.70. The maximum Gasteiger partial charge on any atom is 0.338 e. The molecular weight excluding hydrogens is 288 g/mol. The molecule has 1 amide bonds. The molecule has 21 heavy (non-hydrogen) atoms. The molecule has 0 spiro atoms. The van der Waals surface area contributed by atoms with Crippen molar-refractivity contribution in [3.8, 4) is 0 Å². The van der Waals surface area contributed by atoms with Crippen molar-refractivity contribution in [2.24, 2.45) is 0 Å². The summed E-state index contributed by atoms with van der Waals surface area (Å²) in [5.41, 5.74) is 3.06. The van der Waals surface area contributed by atoms with Gasteiger partial charge in [-0.15, -0.1) is 11.3 Å². The van der Waals surface area contributed by atoms with Gasteiger partial charge in [0.1, 0.15) is 6.61 Å². The molecule has 110 valence electrons. The molecule has 1 aromatic heterocycles. The normalized spacial score (nSPS) is 10.2. The van der Waals surface area contributed by atoms with Crippen LogP contribution in [-0.2, 0) is 16.1 Å². The van der Waals surface area contributed by atoms with Gasteiger partial charge in [-0.3, -0.25) is 4.79 Å². The first-order valence-electron chi connectivity index (χ1n) is 6.42. The summed E-state index contributed by atoms with van der Waals surface area (Å²) in [4.78, 5) is 27.1. The van der Waals surface area contributed by atoms with Gasteiger partial charge >= 0.3 is 5.97 Å². The van der Waals surface area contributed by atoms with Gasteiger partial charge in [-0.1, -0.05) is 17.7 Å². The molecule has 5 nitrogen and oxygen atoms in total. The van der Waals surface area contributed by atoms with Crippen molar-refractivity contribution in [1.29, 1.82) is 0 Å². The van der Waals surface area contributed by atoms with Crippen LogP contribution >= 0.6 is 11.3 Å². The van der Waals surface area contributed by atoms with Crippen LogP contribution in [0.25, 0.3) is 0 Å². The van der Waals surface area contributed by atoms with E-state index in [1.165, 1.54) is 18.3 Å². The van der Waals surface area contributed by atoms with Crippen LogP contribution in [0.15, 0.2) is 23.6 Å². The molecule has 2 rings (SSSR count). The fourth-order valence-electron chi connectivity index (χ4n) is 1.75. The lowest BCUT2D eigenvalue weighted by atomic mass is 10.1. The van der Waals surface area contributed by atoms with Crippen molar-refractivity contribution in [2.45, 2.75) is 27.4 Å². The molecule has 0 saturated carbocycles. The number of esters is 1. The third kappa shape index (κ3) is 4.13. The molecule has 0 saturated heterocycles. The number of carbonyl (C=O) groups is 2. The molecule has 0 aliphatic heterocycles. The summed E-state index contributed by atoms with van der Waals surface area (Å²) in [5.74, 6) is -0.548. The summed E-state index contributed by atoms with van der Waals surface area (Å²) in [6, 6.07) is 5.65. The number of benzene rings is 1. The number of hydrogen-bond acceptors (Lipinski definition) is 5. The fourth-order valence-corrected chi connectivity index (χ4v) is 2.50. The number of anilines is 1. The summed E-state index contributed by atoms with van der Waals surface area (Å²) in [6.07, 6.45) is 0. The van der Waals surface area contributed by atoms with Gasteiger partial charge in [0.2, 0.25) is 5.91 Å². The molecule has 1 N–H and O–H groups in total. The first kappa shape index (κ1) is 15.2. The molecule has 2 aromatic rings. The molecule has 0 unspecified atom stereocenters. The summed E-state index contributed by atoms with van der Waals surface area (Å²) in [5, 5.41) is 4.84. The maximum atomic E-state index is 12.1. The van der Waals surface area contributed by atoms with Crippen molar-refractivity contribution in [3.05, 3.63) is 46.0 Å². The van der Waals surface area contributed by atoms with E-state index in [1.54, 1.807) is 11.4 Å². The number of ether oxygens (including phenoxy) is 1. The van der Waals surface area contributed by atoms with Crippen molar-refractivity contribution < 1.29 is 14.3 Å². The van der Waals surface area contributed by atoms with Crippen LogP contribution in [0.5, 0.6) is 0 Å². The van der Waals surface area contributed by atoms with Crippen LogP contribution < -0.4 is 5.32 Å². The Bertz CT molecular complexity index is 679. The Morgan fingerprint density at radius 3 is 2.81 bits per heavy atom. The summed E-state index contributed by atoms with van der Waals surface area (Å²) in [6.45, 7) is 5.30. The smallest absolute Gasteiger partial charge is 0.338 e. The minimum absolute atomic E-state index is 0.0856. The Morgan fingerprint density at radius 1 is 1.33 bits per heavy atom. The highest BCUT2D eigenvalue weighted by Gasteiger charge is 2.12. The van der Waals surface area contributed by atoms with Gasteiger partial charge in [-0.05, 0) is 25.5 Å². The monoisotopic (exact) mass is 304 g/mol. The Morgan fingerprint density at radius 2 is 2.10 bits per heavy atom. The zero-order valence-electron chi connectivity index (χ0n) is 12.1. The van der Waals surface area contributed by atoms with Crippen molar-refractivity contribution in [2.75, 3.05) is 5.32 Å². The van der Waals surface area contributed by atoms with Crippen LogP contribution in [0.3, 0.4) is 0 Å². The second kappa shape index (κ2) is 6.49. The van der Waals surface area contributed by atoms with Gasteiger partial charge in [0.05, 0.1) is 11.3 Å².